The molecular formula is C33H50O5. The molecule has 5 heteroatoms. The highest BCUT2D eigenvalue weighted by atomic mass is 16.6. The summed E-state index contributed by atoms with van der Waals surface area (Å²) in [6, 6.07) is 0. The molecule has 0 aromatic carbocycles. The zero-order valence-corrected chi connectivity index (χ0v) is 24.7. The van der Waals surface area contributed by atoms with E-state index in [2.05, 4.69) is 39.8 Å². The largest absolute Gasteiger partial charge is 0.458 e. The number of unbranched alkanes of at least 4 members (excludes halogenated alkanes) is 6. The highest BCUT2D eigenvalue weighted by Gasteiger charge is 2.26. The zero-order valence-electron chi connectivity index (χ0n) is 24.7. The molecule has 0 saturated carbocycles. The Labute approximate surface area is 231 Å². The second-order valence-corrected chi connectivity index (χ2v) is 11.1. The number of Topliss-reactive ketones (excluding diaryl/α,β-unsaturated/α-hetero) is 1. The summed E-state index contributed by atoms with van der Waals surface area (Å²) in [5, 5.41) is 0. The Hall–Kier alpha value is -2.69. The highest BCUT2D eigenvalue weighted by Crippen LogP contribution is 2.40. The minimum absolute atomic E-state index is 0.213. The van der Waals surface area contributed by atoms with Crippen LogP contribution < -0.4 is 0 Å². The first-order valence-electron chi connectivity index (χ1n) is 14.3. The van der Waals surface area contributed by atoms with Crippen LogP contribution in [0.4, 0.5) is 0 Å². The summed E-state index contributed by atoms with van der Waals surface area (Å²) >= 11 is 0. The van der Waals surface area contributed by atoms with Crippen LogP contribution in [-0.2, 0) is 23.9 Å². The third-order valence-electron chi connectivity index (χ3n) is 6.87. The van der Waals surface area contributed by atoms with Gasteiger partial charge in [-0.1, -0.05) is 101 Å². The van der Waals surface area contributed by atoms with E-state index in [-0.39, 0.29) is 18.0 Å². The van der Waals surface area contributed by atoms with Crippen LogP contribution in [0.15, 0.2) is 58.7 Å². The molecule has 0 aromatic rings. The maximum Gasteiger partial charge on any atom is 0.331 e. The van der Waals surface area contributed by atoms with E-state index in [1.54, 1.807) is 6.92 Å². The third-order valence-corrected chi connectivity index (χ3v) is 6.87. The average Bonchev–Trinajstić information content (AvgIpc) is 2.85. The smallest absolute Gasteiger partial charge is 0.331 e. The summed E-state index contributed by atoms with van der Waals surface area (Å²) < 4.78 is 9.99. The molecule has 0 heterocycles. The van der Waals surface area contributed by atoms with Crippen molar-refractivity contribution in [3.05, 3.63) is 58.7 Å². The van der Waals surface area contributed by atoms with E-state index >= 15 is 0 Å². The van der Waals surface area contributed by atoms with Gasteiger partial charge in [0.05, 0.1) is 0 Å². The van der Waals surface area contributed by atoms with Crippen LogP contribution in [0.1, 0.15) is 112 Å². The van der Waals surface area contributed by atoms with Crippen molar-refractivity contribution >= 4 is 17.7 Å². The molecule has 212 valence electrons. The Bertz CT molecular complexity index is 927. The summed E-state index contributed by atoms with van der Waals surface area (Å²) in [6.45, 7) is 12.1. The number of allylic oxidation sites excluding steroid dienone is 9. The number of carbonyl (C=O) groups excluding carboxylic acids is 3. The first-order chi connectivity index (χ1) is 18.0. The molecule has 5 nitrogen and oxygen atoms in total. The van der Waals surface area contributed by atoms with Crippen LogP contribution >= 0.6 is 0 Å². The lowest BCUT2D eigenvalue weighted by molar-refractivity contribution is -0.151. The lowest BCUT2D eigenvalue weighted by atomic mass is 9.72. The zero-order chi connectivity index (χ0) is 28.4. The van der Waals surface area contributed by atoms with E-state index in [1.807, 2.05) is 25.2 Å². The number of hydrogen-bond acceptors (Lipinski definition) is 5. The number of ether oxygens (including phenoxy) is 2. The SMILES string of the molecule is CCCCCCCCCC(=O)OCC(=O)COC(=O)C=C(C)C=C/C=C(/C)C=CC1=C(C)CCCC1(C)C. The average molecular weight is 527 g/mol. The van der Waals surface area contributed by atoms with Gasteiger partial charge in [0.2, 0.25) is 5.78 Å². The third kappa shape index (κ3) is 14.9. The predicted molar refractivity (Wildman–Crippen MR) is 156 cm³/mol. The molecule has 0 aromatic heterocycles. The second kappa shape index (κ2) is 18.5. The summed E-state index contributed by atoms with van der Waals surface area (Å²) in [7, 11) is 0. The van der Waals surface area contributed by atoms with E-state index in [0.717, 1.165) is 24.8 Å². The molecule has 0 N–H and O–H groups in total. The summed E-state index contributed by atoms with van der Waals surface area (Å²) in [4.78, 5) is 35.7. The molecular weight excluding hydrogens is 476 g/mol. The van der Waals surface area contributed by atoms with Crippen LogP contribution in [0, 0.1) is 5.41 Å². The highest BCUT2D eigenvalue weighted by molar-refractivity contribution is 5.88. The van der Waals surface area contributed by atoms with Crippen LogP contribution in [0.25, 0.3) is 0 Å². The number of ketones is 1. The Morgan fingerprint density at radius 2 is 1.55 bits per heavy atom. The van der Waals surface area contributed by atoms with Gasteiger partial charge in [0.15, 0.2) is 13.2 Å². The van der Waals surface area contributed by atoms with Gasteiger partial charge in [-0.05, 0) is 63.0 Å². The Morgan fingerprint density at radius 1 is 0.895 bits per heavy atom. The summed E-state index contributed by atoms with van der Waals surface area (Å²) in [5.41, 5.74) is 4.94. The van der Waals surface area contributed by atoms with E-state index < -0.39 is 18.4 Å². The molecule has 0 aliphatic heterocycles. The fourth-order valence-corrected chi connectivity index (χ4v) is 4.56. The number of rotatable bonds is 17. The molecule has 0 atom stereocenters. The van der Waals surface area contributed by atoms with Gasteiger partial charge in [0.1, 0.15) is 0 Å². The van der Waals surface area contributed by atoms with Crippen molar-refractivity contribution in [1.82, 2.24) is 0 Å². The van der Waals surface area contributed by atoms with Crippen LogP contribution in [-0.4, -0.2) is 30.9 Å². The van der Waals surface area contributed by atoms with E-state index in [4.69, 9.17) is 9.47 Å². The fraction of sp³-hybridized carbons (Fsp3) is 0.606. The van der Waals surface area contributed by atoms with Crippen molar-refractivity contribution in [2.45, 2.75) is 112 Å². The number of carbonyl (C=O) groups is 3. The van der Waals surface area contributed by atoms with Gasteiger partial charge in [-0.15, -0.1) is 0 Å². The van der Waals surface area contributed by atoms with Gasteiger partial charge in [0.25, 0.3) is 0 Å². The minimum Gasteiger partial charge on any atom is -0.458 e. The Balaban J connectivity index is 2.34. The molecule has 1 aliphatic carbocycles. The van der Waals surface area contributed by atoms with Crippen LogP contribution in [0.5, 0.6) is 0 Å². The normalized spacial score (nSPS) is 16.4. The van der Waals surface area contributed by atoms with Gasteiger partial charge in [0, 0.05) is 12.5 Å². The maximum atomic E-state index is 12.0. The van der Waals surface area contributed by atoms with Crippen molar-refractivity contribution in [2.75, 3.05) is 13.2 Å². The van der Waals surface area contributed by atoms with Crippen molar-refractivity contribution in [2.24, 2.45) is 5.41 Å². The van der Waals surface area contributed by atoms with Crippen molar-refractivity contribution < 1.29 is 23.9 Å². The molecule has 38 heavy (non-hydrogen) atoms. The molecule has 0 bridgehead atoms. The topological polar surface area (TPSA) is 69.7 Å². The molecule has 0 fully saturated rings. The molecule has 0 unspecified atom stereocenters. The van der Waals surface area contributed by atoms with Crippen molar-refractivity contribution in [1.29, 1.82) is 0 Å². The van der Waals surface area contributed by atoms with E-state index in [0.29, 0.717) is 12.0 Å². The second-order valence-electron chi connectivity index (χ2n) is 11.1. The molecule has 1 aliphatic rings. The lowest BCUT2D eigenvalue weighted by Gasteiger charge is -2.32. The molecule has 1 rings (SSSR count). The van der Waals surface area contributed by atoms with Crippen molar-refractivity contribution in [3.63, 3.8) is 0 Å². The Kier molecular flexibility index (Phi) is 16.3. The van der Waals surface area contributed by atoms with Crippen LogP contribution in [0.3, 0.4) is 0 Å². The molecule has 0 radical (unpaired) electrons. The fourth-order valence-electron chi connectivity index (χ4n) is 4.56. The summed E-state index contributed by atoms with van der Waals surface area (Å²) in [6.07, 6.45) is 23.2. The summed E-state index contributed by atoms with van der Waals surface area (Å²) in [5.74, 6) is -1.42. The first-order valence-corrected chi connectivity index (χ1v) is 14.3. The lowest BCUT2D eigenvalue weighted by Crippen LogP contribution is -2.20. The van der Waals surface area contributed by atoms with Gasteiger partial charge < -0.3 is 9.47 Å². The van der Waals surface area contributed by atoms with Gasteiger partial charge >= 0.3 is 11.9 Å². The first kappa shape index (κ1) is 33.3. The van der Waals surface area contributed by atoms with E-state index in [9.17, 15) is 14.4 Å². The maximum absolute atomic E-state index is 12.0. The predicted octanol–water partition coefficient (Wildman–Crippen LogP) is 8.31. The van der Waals surface area contributed by atoms with Crippen LogP contribution in [0.2, 0.25) is 0 Å². The number of hydrogen-bond donors (Lipinski definition) is 0. The molecule has 0 spiro atoms. The molecule has 0 saturated heterocycles. The number of esters is 2. The minimum atomic E-state index is -0.600. The van der Waals surface area contributed by atoms with Crippen molar-refractivity contribution in [3.8, 4) is 0 Å². The van der Waals surface area contributed by atoms with E-state index in [1.165, 1.54) is 62.2 Å². The van der Waals surface area contributed by atoms with Gasteiger partial charge in [-0.2, -0.15) is 0 Å². The quantitative estimate of drug-likeness (QED) is 0.0825. The standard InChI is InChI=1S/C33H50O5/c1-7-8-9-10-11-12-13-19-31(35)37-24-29(34)25-38-32(36)23-27(3)17-14-16-26(2)20-21-30-28(4)18-15-22-33(30,5)6/h14,16-17,20-21,23H,7-13,15,18-19,22,24-25H2,1-6H3/b17-14?,21-20?,26-16-,27-23?. The van der Waals surface area contributed by atoms with Gasteiger partial charge in [-0.3, -0.25) is 9.59 Å². The Morgan fingerprint density at radius 3 is 2.24 bits per heavy atom. The van der Waals surface area contributed by atoms with Gasteiger partial charge in [-0.25, -0.2) is 4.79 Å². The molecule has 0 amide bonds. The monoisotopic (exact) mass is 526 g/mol.